The van der Waals surface area contributed by atoms with Gasteiger partial charge in [-0.3, -0.25) is 14.2 Å². The molecule has 1 aliphatic carbocycles. The zero-order chi connectivity index (χ0) is 43.8. The normalized spacial score (nSPS) is 20.8. The van der Waals surface area contributed by atoms with E-state index in [4.69, 9.17) is 18.5 Å². The van der Waals surface area contributed by atoms with E-state index in [9.17, 15) is 34.4 Å². The molecule has 1 rings (SSSR count). The Labute approximate surface area is 358 Å². The Morgan fingerprint density at radius 1 is 0.746 bits per heavy atom. The molecule has 7 atom stereocenters. The second-order valence-electron chi connectivity index (χ2n) is 17.4. The number of phosphoric ester groups is 1. The monoisotopic (exact) mass is 858 g/mol. The van der Waals surface area contributed by atoms with Crippen LogP contribution in [0.3, 0.4) is 0 Å². The molecule has 7 unspecified atom stereocenters. The van der Waals surface area contributed by atoms with Gasteiger partial charge in [0.15, 0.2) is 6.10 Å². The van der Waals surface area contributed by atoms with Crippen molar-refractivity contribution in [1.82, 2.24) is 0 Å². The Balaban J connectivity index is 2.51. The van der Waals surface area contributed by atoms with E-state index >= 15 is 0 Å². The number of nitrogens with zero attached hydrogens (tertiary/aromatic N) is 1. The van der Waals surface area contributed by atoms with Crippen LogP contribution in [0.15, 0.2) is 36.5 Å². The van der Waals surface area contributed by atoms with Gasteiger partial charge in [-0.25, -0.2) is 0 Å². The summed E-state index contributed by atoms with van der Waals surface area (Å²) in [4.78, 5) is 37.8. The van der Waals surface area contributed by atoms with Gasteiger partial charge in [0.05, 0.1) is 46.1 Å². The molecule has 0 saturated heterocycles. The molecule has 0 aromatic carbocycles. The quantitative estimate of drug-likeness (QED) is 0.0180. The predicted octanol–water partition coefficient (Wildman–Crippen LogP) is 8.66. The van der Waals surface area contributed by atoms with E-state index < -0.39 is 50.8 Å². The van der Waals surface area contributed by atoms with Crippen molar-refractivity contribution in [1.29, 1.82) is 0 Å². The fraction of sp³-hybridized carbons (Fsp3) is 0.826. The number of carbonyl (C=O) groups excluding carboxylic acids is 2. The van der Waals surface area contributed by atoms with Crippen LogP contribution < -0.4 is 4.89 Å². The summed E-state index contributed by atoms with van der Waals surface area (Å²) in [5.41, 5.74) is 0. The molecule has 0 amide bonds. The van der Waals surface area contributed by atoms with Crippen LogP contribution in [-0.4, -0.2) is 104 Å². The van der Waals surface area contributed by atoms with Crippen molar-refractivity contribution in [3.63, 3.8) is 0 Å². The molecular formula is C46H84NO11P. The molecule has 59 heavy (non-hydrogen) atoms. The summed E-state index contributed by atoms with van der Waals surface area (Å²) in [5.74, 6) is -1.46. The molecule has 12 nitrogen and oxygen atoms in total. The van der Waals surface area contributed by atoms with Crippen molar-refractivity contribution in [2.45, 2.75) is 186 Å². The minimum atomic E-state index is -4.70. The first kappa shape index (κ1) is 55.1. The lowest BCUT2D eigenvalue weighted by atomic mass is 9.89. The fourth-order valence-electron chi connectivity index (χ4n) is 7.00. The first-order chi connectivity index (χ1) is 28.2. The number of unbranched alkanes of at least 4 members (excludes halogenated alkanes) is 14. The van der Waals surface area contributed by atoms with Gasteiger partial charge in [-0.1, -0.05) is 121 Å². The lowest BCUT2D eigenvalue weighted by Crippen LogP contribution is -2.37. The third kappa shape index (κ3) is 30.7. The molecule has 344 valence electrons. The highest BCUT2D eigenvalue weighted by molar-refractivity contribution is 7.45. The lowest BCUT2D eigenvalue weighted by Gasteiger charge is -2.28. The van der Waals surface area contributed by atoms with Crippen LogP contribution in [0.4, 0.5) is 0 Å². The number of hydrogen-bond donors (Lipinski definition) is 3. The summed E-state index contributed by atoms with van der Waals surface area (Å²) in [6.07, 6.45) is 29.8. The largest absolute Gasteiger partial charge is 0.756 e. The third-order valence-corrected chi connectivity index (χ3v) is 11.7. The maximum absolute atomic E-state index is 12.8. The summed E-state index contributed by atoms with van der Waals surface area (Å²) in [6, 6.07) is 0. The number of phosphoric acid groups is 1. The highest BCUT2D eigenvalue weighted by atomic mass is 31.2. The summed E-state index contributed by atoms with van der Waals surface area (Å²) >= 11 is 0. The highest BCUT2D eigenvalue weighted by Gasteiger charge is 2.39. The molecular weight excluding hydrogens is 773 g/mol. The SMILES string of the molecule is CCCCCCCC/C=C\CCCCCCCC(=O)OCC(COP(=O)([O-])OCC[N+](C)(C)C)OC(=O)CCC/C=C\CC1C(O)CC(O)C1/C=C/C(O)CCCCC. The standard InChI is InChI=1S/C46H84NO11P/c1-6-8-10-11-12-13-14-15-16-17-18-19-20-21-26-30-45(51)55-37-40(38-57-59(53,54)56-35-34-47(3,4)5)58-46(52)31-27-23-22-25-29-41-42(44(50)36-43(41)49)33-32-39(48)28-24-9-7-2/h15-16,22,25,32-33,39-44,48-50H,6-14,17-21,23-24,26-31,34-38H2,1-5H3/b16-15-,25-22-,33-32+. The van der Waals surface area contributed by atoms with Crippen molar-refractivity contribution >= 4 is 19.8 Å². The van der Waals surface area contributed by atoms with Gasteiger partial charge in [0, 0.05) is 25.2 Å². The molecule has 1 fully saturated rings. The molecule has 0 heterocycles. The smallest absolute Gasteiger partial charge is 0.306 e. The number of likely N-dealkylation sites (N-methyl/N-ethyl adjacent to an activating group) is 1. The first-order valence-corrected chi connectivity index (χ1v) is 24.4. The van der Waals surface area contributed by atoms with Crippen molar-refractivity contribution in [3.8, 4) is 0 Å². The molecule has 0 aliphatic heterocycles. The molecule has 1 aliphatic rings. The molecule has 1 saturated carbocycles. The number of aliphatic hydroxyl groups is 3. The van der Waals surface area contributed by atoms with Crippen LogP contribution in [0.25, 0.3) is 0 Å². The number of ether oxygens (including phenoxy) is 2. The lowest BCUT2D eigenvalue weighted by molar-refractivity contribution is -0.870. The van der Waals surface area contributed by atoms with Crippen LogP contribution in [-0.2, 0) is 32.7 Å². The molecule has 3 N–H and O–H groups in total. The number of rotatable bonds is 37. The fourth-order valence-corrected chi connectivity index (χ4v) is 7.72. The number of esters is 2. The molecule has 0 radical (unpaired) electrons. The summed E-state index contributed by atoms with van der Waals surface area (Å²) in [5, 5.41) is 31.4. The van der Waals surface area contributed by atoms with E-state index in [0.717, 1.165) is 57.8 Å². The van der Waals surface area contributed by atoms with Gasteiger partial charge in [-0.05, 0) is 63.7 Å². The van der Waals surface area contributed by atoms with Gasteiger partial charge in [0.1, 0.15) is 19.8 Å². The van der Waals surface area contributed by atoms with Gasteiger partial charge in [0.25, 0.3) is 7.82 Å². The average Bonchev–Trinajstić information content (AvgIpc) is 3.44. The van der Waals surface area contributed by atoms with Crippen LogP contribution in [0.5, 0.6) is 0 Å². The molecule has 13 heteroatoms. The summed E-state index contributed by atoms with van der Waals surface area (Å²) in [7, 11) is 1.01. The van der Waals surface area contributed by atoms with Crippen molar-refractivity contribution in [2.75, 3.05) is 47.5 Å². The van der Waals surface area contributed by atoms with Gasteiger partial charge in [-0.2, -0.15) is 0 Å². The average molecular weight is 858 g/mol. The van der Waals surface area contributed by atoms with E-state index in [1.54, 1.807) is 6.08 Å². The van der Waals surface area contributed by atoms with E-state index in [1.807, 2.05) is 39.4 Å². The first-order valence-electron chi connectivity index (χ1n) is 23.0. The van der Waals surface area contributed by atoms with E-state index in [-0.39, 0.29) is 44.3 Å². The maximum atomic E-state index is 12.8. The minimum Gasteiger partial charge on any atom is -0.756 e. The van der Waals surface area contributed by atoms with Gasteiger partial charge in [-0.15, -0.1) is 0 Å². The Kier molecular flexibility index (Phi) is 31.5. The zero-order valence-corrected chi connectivity index (χ0v) is 38.4. The van der Waals surface area contributed by atoms with Crippen LogP contribution in [0.1, 0.15) is 162 Å². The predicted molar refractivity (Wildman–Crippen MR) is 233 cm³/mol. The number of aliphatic hydroxyl groups excluding tert-OH is 3. The molecule has 0 spiro atoms. The van der Waals surface area contributed by atoms with Crippen molar-refractivity contribution in [2.24, 2.45) is 11.8 Å². The third-order valence-electron chi connectivity index (χ3n) is 10.7. The molecule has 0 bridgehead atoms. The molecule has 0 aromatic heterocycles. The van der Waals surface area contributed by atoms with Crippen LogP contribution in [0.2, 0.25) is 0 Å². The Morgan fingerprint density at radius 3 is 1.98 bits per heavy atom. The minimum absolute atomic E-state index is 0.0464. The maximum Gasteiger partial charge on any atom is 0.306 e. The van der Waals surface area contributed by atoms with E-state index in [0.29, 0.717) is 43.1 Å². The topological polar surface area (TPSA) is 172 Å². The van der Waals surface area contributed by atoms with Crippen LogP contribution in [0, 0.1) is 11.8 Å². The highest BCUT2D eigenvalue weighted by Crippen LogP contribution is 2.38. The number of hydrogen-bond acceptors (Lipinski definition) is 11. The zero-order valence-electron chi connectivity index (χ0n) is 37.5. The summed E-state index contributed by atoms with van der Waals surface area (Å²) < 4.78 is 33.8. The van der Waals surface area contributed by atoms with E-state index in [2.05, 4.69) is 26.0 Å². The number of allylic oxidation sites excluding steroid dienone is 4. The second-order valence-corrected chi connectivity index (χ2v) is 18.8. The molecule has 0 aromatic rings. The van der Waals surface area contributed by atoms with E-state index in [1.165, 1.54) is 38.5 Å². The Hall–Kier alpha value is -1.89. The summed E-state index contributed by atoms with van der Waals surface area (Å²) in [6.45, 7) is 3.82. The van der Waals surface area contributed by atoms with Gasteiger partial charge in [0.2, 0.25) is 0 Å². The number of quaternary nitrogens is 1. The van der Waals surface area contributed by atoms with Gasteiger partial charge >= 0.3 is 11.9 Å². The Morgan fingerprint density at radius 2 is 1.32 bits per heavy atom. The van der Waals surface area contributed by atoms with Gasteiger partial charge < -0.3 is 43.2 Å². The Bertz CT molecular complexity index is 1220. The van der Waals surface area contributed by atoms with Crippen LogP contribution >= 0.6 is 7.82 Å². The van der Waals surface area contributed by atoms with Crippen molar-refractivity contribution < 1.29 is 57.4 Å². The van der Waals surface area contributed by atoms with Crippen molar-refractivity contribution in [3.05, 3.63) is 36.5 Å². The number of carbonyl (C=O) groups is 2. The second kappa shape index (κ2) is 33.7.